The van der Waals surface area contributed by atoms with Crippen LogP contribution in [0.1, 0.15) is 47.8 Å². The van der Waals surface area contributed by atoms with Crippen LogP contribution in [0, 0.1) is 0 Å². The van der Waals surface area contributed by atoms with E-state index in [1.807, 2.05) is 12.1 Å². The number of fused-ring (bicyclic) bond motifs is 1. The van der Waals surface area contributed by atoms with Crippen LogP contribution < -0.4 is 9.62 Å². The molecule has 0 spiro atoms. The summed E-state index contributed by atoms with van der Waals surface area (Å²) in [6.07, 6.45) is 3.76. The number of pyridine rings is 1. The fourth-order valence-corrected chi connectivity index (χ4v) is 4.76. The summed E-state index contributed by atoms with van der Waals surface area (Å²) in [6.45, 7) is 4.14. The smallest absolute Gasteiger partial charge is 0.335 e. The van der Waals surface area contributed by atoms with Crippen molar-refractivity contribution in [3.8, 4) is 0 Å². The van der Waals surface area contributed by atoms with Gasteiger partial charge in [-0.15, -0.1) is 0 Å². The fraction of sp³-hybridized carbons (Fsp3) is 0.217. The van der Waals surface area contributed by atoms with Crippen LogP contribution in [0.25, 0.3) is 0 Å². The molecule has 0 bridgehead atoms. The van der Waals surface area contributed by atoms with Crippen molar-refractivity contribution in [3.05, 3.63) is 83.7 Å². The number of anilines is 3. The predicted octanol–water partition coefficient (Wildman–Crippen LogP) is 4.55. The maximum Gasteiger partial charge on any atom is 0.335 e. The summed E-state index contributed by atoms with van der Waals surface area (Å²) >= 11 is -2.54. The zero-order valence-electron chi connectivity index (χ0n) is 17.1. The molecule has 2 aromatic carbocycles. The highest BCUT2D eigenvalue weighted by atomic mass is 32.2. The monoisotopic (exact) mass is 436 g/mol. The molecule has 0 amide bonds. The molecule has 4 rings (SSSR count). The topological polar surface area (TPSA) is 106 Å². The maximum absolute atomic E-state index is 12.2. The highest BCUT2D eigenvalue weighted by molar-refractivity contribution is 7.81. The van der Waals surface area contributed by atoms with E-state index < -0.39 is 17.2 Å². The zero-order chi connectivity index (χ0) is 22.2. The number of aromatic nitrogens is 1. The van der Waals surface area contributed by atoms with E-state index in [9.17, 15) is 18.7 Å². The van der Waals surface area contributed by atoms with Gasteiger partial charge in [-0.1, -0.05) is 32.0 Å². The number of rotatable bonds is 5. The van der Waals surface area contributed by atoms with Crippen molar-refractivity contribution in [2.45, 2.75) is 31.7 Å². The van der Waals surface area contributed by atoms with Crippen LogP contribution in [0.2, 0.25) is 0 Å². The maximum atomic E-state index is 12.2. The largest absolute Gasteiger partial charge is 0.755 e. The van der Waals surface area contributed by atoms with Crippen molar-refractivity contribution < 1.29 is 18.7 Å². The molecule has 0 radical (unpaired) electrons. The Morgan fingerprint density at radius 2 is 2.00 bits per heavy atom. The van der Waals surface area contributed by atoms with E-state index in [2.05, 4.69) is 24.1 Å². The van der Waals surface area contributed by atoms with Gasteiger partial charge in [0.05, 0.1) is 40.4 Å². The minimum Gasteiger partial charge on any atom is -0.755 e. The van der Waals surface area contributed by atoms with Crippen LogP contribution >= 0.6 is 0 Å². The molecule has 8 heteroatoms. The van der Waals surface area contributed by atoms with Crippen LogP contribution in [0.15, 0.2) is 67.0 Å². The average molecular weight is 437 g/mol. The number of nitrogens with zero attached hydrogens (tertiary/aromatic N) is 2. The van der Waals surface area contributed by atoms with E-state index in [4.69, 9.17) is 0 Å². The number of carboxylic acids is 1. The third-order valence-corrected chi connectivity index (χ3v) is 6.31. The van der Waals surface area contributed by atoms with Crippen molar-refractivity contribution in [1.29, 1.82) is 0 Å². The van der Waals surface area contributed by atoms with Crippen LogP contribution in [0.3, 0.4) is 0 Å². The molecule has 1 aliphatic rings. The summed E-state index contributed by atoms with van der Waals surface area (Å²) in [5, 5.41) is 12.8. The Labute approximate surface area is 183 Å². The first kappa shape index (κ1) is 21.0. The van der Waals surface area contributed by atoms with E-state index in [1.165, 1.54) is 10.5 Å². The van der Waals surface area contributed by atoms with E-state index >= 15 is 0 Å². The van der Waals surface area contributed by atoms with Crippen molar-refractivity contribution >= 4 is 34.3 Å². The zero-order valence-corrected chi connectivity index (χ0v) is 17.9. The Bertz CT molecular complexity index is 1150. The van der Waals surface area contributed by atoms with E-state index in [0.717, 1.165) is 16.8 Å². The van der Waals surface area contributed by atoms with Gasteiger partial charge in [0.25, 0.3) is 0 Å². The third kappa shape index (κ3) is 4.04. The van der Waals surface area contributed by atoms with Crippen LogP contribution in [0.4, 0.5) is 17.1 Å². The SMILES string of the molecule is CC1(C)CC(c2ccccc2N(c2cccnc2)S(=O)[O-])Nc2ccc(C(=O)O)cc21. The number of carbonyl (C=O) groups is 1. The Kier molecular flexibility index (Phi) is 5.51. The van der Waals surface area contributed by atoms with Gasteiger partial charge in [-0.3, -0.25) is 13.5 Å². The molecule has 3 aromatic rings. The molecule has 0 saturated carbocycles. The van der Waals surface area contributed by atoms with Gasteiger partial charge in [-0.05, 0) is 59.4 Å². The van der Waals surface area contributed by atoms with Gasteiger partial charge in [0.1, 0.15) is 0 Å². The normalized spacial score (nSPS) is 17.8. The molecule has 2 N–H and O–H groups in total. The van der Waals surface area contributed by atoms with Crippen molar-refractivity contribution in [3.63, 3.8) is 0 Å². The number of carboxylic acid groups (broad SMARTS) is 1. The molecule has 2 unspecified atom stereocenters. The molecule has 1 aromatic heterocycles. The molecular formula is C23H22N3O4S-. The summed E-state index contributed by atoms with van der Waals surface area (Å²) in [5.74, 6) is -0.962. The number of hydrogen-bond donors (Lipinski definition) is 2. The van der Waals surface area contributed by atoms with Crippen LogP contribution in [-0.2, 0) is 16.7 Å². The van der Waals surface area contributed by atoms with Crippen molar-refractivity contribution in [2.75, 3.05) is 9.62 Å². The molecule has 2 atom stereocenters. The molecule has 160 valence electrons. The summed E-state index contributed by atoms with van der Waals surface area (Å²) in [4.78, 5) is 15.5. The third-order valence-electron chi connectivity index (χ3n) is 5.60. The van der Waals surface area contributed by atoms with E-state index in [0.29, 0.717) is 17.8 Å². The molecule has 0 aliphatic carbocycles. The lowest BCUT2D eigenvalue weighted by atomic mass is 9.73. The Morgan fingerprint density at radius 1 is 1.23 bits per heavy atom. The number of benzene rings is 2. The molecule has 0 fully saturated rings. The molecular weight excluding hydrogens is 414 g/mol. The molecule has 31 heavy (non-hydrogen) atoms. The second kappa shape index (κ2) is 8.13. The first-order chi connectivity index (χ1) is 14.8. The second-order valence-electron chi connectivity index (χ2n) is 8.13. The minimum absolute atomic E-state index is 0.169. The summed E-state index contributed by atoms with van der Waals surface area (Å²) in [6, 6.07) is 15.6. The predicted molar refractivity (Wildman–Crippen MR) is 119 cm³/mol. The lowest BCUT2D eigenvalue weighted by Crippen LogP contribution is -2.32. The van der Waals surface area contributed by atoms with Gasteiger partial charge < -0.3 is 15.0 Å². The Hall–Kier alpha value is -3.23. The van der Waals surface area contributed by atoms with Crippen LogP contribution in [-0.4, -0.2) is 24.8 Å². The second-order valence-corrected chi connectivity index (χ2v) is 8.93. The Balaban J connectivity index is 1.78. The van der Waals surface area contributed by atoms with Gasteiger partial charge in [0, 0.05) is 11.9 Å². The minimum atomic E-state index is -2.54. The standard InChI is InChI=1S/C23H23N3O4S/c1-23(2)13-20(25-19-10-9-15(22(27)28)12-18(19)23)17-7-3-4-8-21(17)26(31(29)30)16-6-5-11-24-14-16/h3-12,14,20,25H,13H2,1-2H3,(H,27,28)(H,29,30)/p-1. The first-order valence-corrected chi connectivity index (χ1v) is 10.8. The average Bonchev–Trinajstić information content (AvgIpc) is 2.74. The first-order valence-electron chi connectivity index (χ1n) is 9.81. The van der Waals surface area contributed by atoms with Gasteiger partial charge in [-0.25, -0.2) is 4.79 Å². The molecule has 2 heterocycles. The summed E-state index contributed by atoms with van der Waals surface area (Å²) in [7, 11) is 0. The van der Waals surface area contributed by atoms with Crippen LogP contribution in [0.5, 0.6) is 0 Å². The quantitative estimate of drug-likeness (QED) is 0.569. The van der Waals surface area contributed by atoms with E-state index in [1.54, 1.807) is 48.7 Å². The van der Waals surface area contributed by atoms with E-state index in [-0.39, 0.29) is 17.0 Å². The number of aromatic carboxylic acids is 1. The Morgan fingerprint density at radius 3 is 2.68 bits per heavy atom. The fourth-order valence-electron chi connectivity index (χ4n) is 4.16. The highest BCUT2D eigenvalue weighted by Crippen LogP contribution is 2.46. The van der Waals surface area contributed by atoms with Crippen molar-refractivity contribution in [2.24, 2.45) is 0 Å². The van der Waals surface area contributed by atoms with Gasteiger partial charge in [-0.2, -0.15) is 0 Å². The number of nitrogens with one attached hydrogen (secondary N) is 1. The lowest BCUT2D eigenvalue weighted by Gasteiger charge is -2.40. The molecule has 7 nitrogen and oxygen atoms in total. The van der Waals surface area contributed by atoms with Gasteiger partial charge in [0.15, 0.2) is 0 Å². The highest BCUT2D eigenvalue weighted by Gasteiger charge is 2.35. The molecule has 0 saturated heterocycles. The van der Waals surface area contributed by atoms with Crippen molar-refractivity contribution in [1.82, 2.24) is 4.98 Å². The number of para-hydroxylation sites is 1. The summed E-state index contributed by atoms with van der Waals surface area (Å²) in [5.41, 5.74) is 3.52. The number of hydrogen-bond acceptors (Lipinski definition) is 5. The lowest BCUT2D eigenvalue weighted by molar-refractivity contribution is 0.0696. The van der Waals surface area contributed by atoms with Gasteiger partial charge in [0.2, 0.25) is 0 Å². The van der Waals surface area contributed by atoms with Gasteiger partial charge >= 0.3 is 5.97 Å². The summed E-state index contributed by atoms with van der Waals surface area (Å²) < 4.78 is 25.6. The molecule has 1 aliphatic heterocycles.